The van der Waals surface area contributed by atoms with Crippen LogP contribution in [0.2, 0.25) is 0 Å². The molecule has 1 heterocycles. The quantitative estimate of drug-likeness (QED) is 0.581. The van der Waals surface area contributed by atoms with E-state index in [2.05, 4.69) is 10.0 Å². The molecule has 3 rings (SSSR count). The number of amides is 2. The van der Waals surface area contributed by atoms with Crippen LogP contribution in [-0.4, -0.2) is 39.9 Å². The molecule has 2 N–H and O–H groups in total. The molecule has 2 amide bonds. The van der Waals surface area contributed by atoms with Crippen molar-refractivity contribution in [2.75, 3.05) is 23.9 Å². The normalized spacial score (nSPS) is 14.2. The molecule has 1 aliphatic heterocycles. The van der Waals surface area contributed by atoms with E-state index in [-0.39, 0.29) is 16.7 Å². The fraction of sp³-hybridized carbons (Fsp3) is 0.417. The number of ether oxygens (including phenoxy) is 1. The summed E-state index contributed by atoms with van der Waals surface area (Å²) in [5.41, 5.74) is 2.10. The van der Waals surface area contributed by atoms with Crippen molar-refractivity contribution in [1.29, 1.82) is 0 Å². The Hall–Kier alpha value is -2.91. The van der Waals surface area contributed by atoms with E-state index in [9.17, 15) is 18.0 Å². The van der Waals surface area contributed by atoms with Crippen LogP contribution in [0.1, 0.15) is 39.2 Å². The second-order valence-electron chi connectivity index (χ2n) is 8.46. The first-order chi connectivity index (χ1) is 15.6. The minimum atomic E-state index is -3.95. The highest BCUT2D eigenvalue weighted by atomic mass is 32.2. The van der Waals surface area contributed by atoms with E-state index in [0.29, 0.717) is 37.2 Å². The Bertz CT molecular complexity index is 1110. The molecule has 0 radical (unpaired) electrons. The second-order valence-corrected chi connectivity index (χ2v) is 10.2. The smallest absolute Gasteiger partial charge is 0.242 e. The molecule has 0 unspecified atom stereocenters. The largest absolute Gasteiger partial charge is 0.497 e. The molecule has 1 atom stereocenters. The van der Waals surface area contributed by atoms with Crippen molar-refractivity contribution < 1.29 is 22.7 Å². The van der Waals surface area contributed by atoms with Crippen LogP contribution in [0.15, 0.2) is 47.4 Å². The fourth-order valence-corrected chi connectivity index (χ4v) is 5.09. The van der Waals surface area contributed by atoms with Gasteiger partial charge in [-0.2, -0.15) is 4.72 Å². The summed E-state index contributed by atoms with van der Waals surface area (Å²) in [5, 5.41) is 2.77. The summed E-state index contributed by atoms with van der Waals surface area (Å²) in [5.74, 6) is 0.323. The molecule has 0 saturated heterocycles. The van der Waals surface area contributed by atoms with E-state index in [0.717, 1.165) is 11.3 Å². The highest BCUT2D eigenvalue weighted by Crippen LogP contribution is 2.31. The van der Waals surface area contributed by atoms with Crippen molar-refractivity contribution in [3.05, 3.63) is 48.0 Å². The van der Waals surface area contributed by atoms with Gasteiger partial charge in [-0.25, -0.2) is 8.42 Å². The van der Waals surface area contributed by atoms with Gasteiger partial charge in [-0.3, -0.25) is 9.59 Å². The lowest BCUT2D eigenvalue weighted by Crippen LogP contribution is -2.44. The average Bonchev–Trinajstić information content (AvgIpc) is 3.21. The zero-order valence-electron chi connectivity index (χ0n) is 19.4. The SMILES string of the molecule is CCC(=O)N1CCc2cc(S(=O)(=O)N[C@H](CC(C)C)C(=O)Nc3ccc(OC)cc3)ccc21. The first-order valence-electron chi connectivity index (χ1n) is 11.0. The number of nitrogens with zero attached hydrogens (tertiary/aromatic N) is 1. The maximum atomic E-state index is 13.1. The maximum absolute atomic E-state index is 13.1. The number of anilines is 2. The van der Waals surface area contributed by atoms with Gasteiger partial charge in [0.15, 0.2) is 0 Å². The van der Waals surface area contributed by atoms with E-state index < -0.39 is 22.0 Å². The van der Waals surface area contributed by atoms with Gasteiger partial charge in [0.25, 0.3) is 0 Å². The Morgan fingerprint density at radius 3 is 2.42 bits per heavy atom. The standard InChI is InChI=1S/C24H31N3O5S/c1-5-23(28)27-13-12-17-15-20(10-11-22(17)27)33(30,31)26-21(14-16(2)3)24(29)25-18-6-8-19(32-4)9-7-18/h6-11,15-16,21,26H,5,12-14H2,1-4H3,(H,25,29)/t21-/m1/s1. The molecule has 178 valence electrons. The van der Waals surface area contributed by atoms with Crippen LogP contribution in [0.4, 0.5) is 11.4 Å². The monoisotopic (exact) mass is 473 g/mol. The van der Waals surface area contributed by atoms with Gasteiger partial charge in [-0.1, -0.05) is 20.8 Å². The summed E-state index contributed by atoms with van der Waals surface area (Å²) < 4.78 is 34.0. The summed E-state index contributed by atoms with van der Waals surface area (Å²) in [7, 11) is -2.40. The number of hydrogen-bond acceptors (Lipinski definition) is 5. The third-order valence-electron chi connectivity index (χ3n) is 5.54. The zero-order valence-corrected chi connectivity index (χ0v) is 20.2. The van der Waals surface area contributed by atoms with Crippen molar-refractivity contribution in [2.45, 2.75) is 51.0 Å². The summed E-state index contributed by atoms with van der Waals surface area (Å²) in [4.78, 5) is 26.8. The molecular weight excluding hydrogens is 442 g/mol. The fourth-order valence-electron chi connectivity index (χ4n) is 3.83. The Labute approximate surface area is 195 Å². The number of nitrogens with one attached hydrogen (secondary N) is 2. The molecule has 0 aliphatic carbocycles. The van der Waals surface area contributed by atoms with Crippen molar-refractivity contribution in [3.63, 3.8) is 0 Å². The Morgan fingerprint density at radius 1 is 1.12 bits per heavy atom. The molecule has 0 aromatic heterocycles. The number of fused-ring (bicyclic) bond motifs is 1. The van der Waals surface area contributed by atoms with Gasteiger partial charge >= 0.3 is 0 Å². The predicted octanol–water partition coefficient (Wildman–Crippen LogP) is 3.33. The van der Waals surface area contributed by atoms with Gasteiger partial charge in [0, 0.05) is 24.3 Å². The Balaban J connectivity index is 1.79. The molecule has 33 heavy (non-hydrogen) atoms. The third kappa shape index (κ3) is 5.91. The summed E-state index contributed by atoms with van der Waals surface area (Å²) >= 11 is 0. The minimum Gasteiger partial charge on any atom is -0.497 e. The number of benzene rings is 2. The molecular formula is C24H31N3O5S. The van der Waals surface area contributed by atoms with Crippen LogP contribution in [0.3, 0.4) is 0 Å². The number of carbonyl (C=O) groups is 2. The molecule has 0 saturated carbocycles. The Morgan fingerprint density at radius 2 is 1.82 bits per heavy atom. The van der Waals surface area contributed by atoms with Gasteiger partial charge in [0.2, 0.25) is 21.8 Å². The first-order valence-corrected chi connectivity index (χ1v) is 12.5. The van der Waals surface area contributed by atoms with E-state index in [1.54, 1.807) is 55.3 Å². The summed E-state index contributed by atoms with van der Waals surface area (Å²) in [6.07, 6.45) is 1.32. The highest BCUT2D eigenvalue weighted by Gasteiger charge is 2.29. The molecule has 2 aromatic carbocycles. The Kier molecular flexibility index (Phi) is 7.76. The second kappa shape index (κ2) is 10.4. The number of methoxy groups -OCH3 is 1. The molecule has 1 aliphatic rings. The van der Waals surface area contributed by atoms with E-state index in [4.69, 9.17) is 4.74 Å². The third-order valence-corrected chi connectivity index (χ3v) is 7.01. The van der Waals surface area contributed by atoms with Gasteiger partial charge in [-0.15, -0.1) is 0 Å². The molecule has 2 aromatic rings. The lowest BCUT2D eigenvalue weighted by molar-refractivity contribution is -0.118. The number of sulfonamides is 1. The van der Waals surface area contributed by atoms with Crippen LogP contribution in [0, 0.1) is 5.92 Å². The van der Waals surface area contributed by atoms with Crippen LogP contribution in [0.25, 0.3) is 0 Å². The molecule has 0 fully saturated rings. The van der Waals surface area contributed by atoms with Crippen molar-refractivity contribution in [1.82, 2.24) is 4.72 Å². The van der Waals surface area contributed by atoms with Crippen LogP contribution < -0.4 is 19.7 Å². The van der Waals surface area contributed by atoms with Crippen LogP contribution >= 0.6 is 0 Å². The summed E-state index contributed by atoms with van der Waals surface area (Å²) in [6, 6.07) is 10.6. The average molecular weight is 474 g/mol. The number of rotatable bonds is 9. The van der Waals surface area contributed by atoms with Crippen LogP contribution in [-0.2, 0) is 26.0 Å². The lowest BCUT2D eigenvalue weighted by atomic mass is 10.0. The van der Waals surface area contributed by atoms with Gasteiger partial charge in [0.1, 0.15) is 11.8 Å². The van der Waals surface area contributed by atoms with E-state index in [1.807, 2.05) is 13.8 Å². The van der Waals surface area contributed by atoms with Crippen LogP contribution in [0.5, 0.6) is 5.75 Å². The lowest BCUT2D eigenvalue weighted by Gasteiger charge is -2.21. The number of carbonyl (C=O) groups excluding carboxylic acids is 2. The topological polar surface area (TPSA) is 105 Å². The van der Waals surface area contributed by atoms with E-state index >= 15 is 0 Å². The van der Waals surface area contributed by atoms with Crippen molar-refractivity contribution in [3.8, 4) is 5.75 Å². The van der Waals surface area contributed by atoms with Crippen molar-refractivity contribution >= 4 is 33.2 Å². The molecule has 8 nitrogen and oxygen atoms in total. The molecule has 9 heteroatoms. The summed E-state index contributed by atoms with van der Waals surface area (Å²) in [6.45, 7) is 6.20. The maximum Gasteiger partial charge on any atom is 0.242 e. The molecule has 0 bridgehead atoms. The first kappa shape index (κ1) is 24.7. The van der Waals surface area contributed by atoms with Crippen molar-refractivity contribution in [2.24, 2.45) is 5.92 Å². The number of hydrogen-bond donors (Lipinski definition) is 2. The minimum absolute atomic E-state index is 0.00897. The highest BCUT2D eigenvalue weighted by molar-refractivity contribution is 7.89. The van der Waals surface area contributed by atoms with Gasteiger partial charge < -0.3 is 15.0 Å². The van der Waals surface area contributed by atoms with E-state index in [1.165, 1.54) is 6.07 Å². The zero-order chi connectivity index (χ0) is 24.2. The van der Waals surface area contributed by atoms with Gasteiger partial charge in [-0.05, 0) is 66.8 Å². The molecule has 0 spiro atoms. The van der Waals surface area contributed by atoms with Gasteiger partial charge in [0.05, 0.1) is 12.0 Å². The predicted molar refractivity (Wildman–Crippen MR) is 128 cm³/mol.